The lowest BCUT2D eigenvalue weighted by atomic mass is 9.77. The van der Waals surface area contributed by atoms with Crippen molar-refractivity contribution in [1.82, 2.24) is 15.5 Å². The number of imide groups is 1. The van der Waals surface area contributed by atoms with Crippen LogP contribution >= 0.6 is 11.3 Å². The van der Waals surface area contributed by atoms with Gasteiger partial charge in [0.2, 0.25) is 5.91 Å². The maximum Gasteiger partial charge on any atom is 0.325 e. The molecule has 4 amide bonds. The van der Waals surface area contributed by atoms with E-state index >= 15 is 0 Å². The van der Waals surface area contributed by atoms with Crippen LogP contribution < -0.4 is 10.6 Å². The molecule has 136 valence electrons. The Bertz CT molecular complexity index is 651. The molecule has 2 heterocycles. The molecule has 1 atom stereocenters. The quantitative estimate of drug-likeness (QED) is 0.790. The second kappa shape index (κ2) is 7.15. The first-order chi connectivity index (χ1) is 11.9. The number of urea groups is 1. The number of rotatable bonds is 5. The van der Waals surface area contributed by atoms with Gasteiger partial charge in [-0.1, -0.05) is 19.9 Å². The van der Waals surface area contributed by atoms with E-state index in [1.165, 1.54) is 0 Å². The van der Waals surface area contributed by atoms with Crippen molar-refractivity contribution in [3.63, 3.8) is 0 Å². The maximum absolute atomic E-state index is 12.8. The van der Waals surface area contributed by atoms with Gasteiger partial charge in [0.1, 0.15) is 12.1 Å². The summed E-state index contributed by atoms with van der Waals surface area (Å²) in [5, 5.41) is 7.75. The summed E-state index contributed by atoms with van der Waals surface area (Å²) in [5.41, 5.74) is -0.790. The predicted octanol–water partition coefficient (Wildman–Crippen LogP) is 2.82. The SMILES string of the molecule is CCC(NC(=O)CN1C(=O)NC2(CCC(C)CC2)C1=O)c1cccs1. The minimum absolute atomic E-state index is 0.0854. The monoisotopic (exact) mass is 363 g/mol. The first kappa shape index (κ1) is 17.9. The van der Waals surface area contributed by atoms with Crippen molar-refractivity contribution in [2.45, 2.75) is 57.5 Å². The average Bonchev–Trinajstić information content (AvgIpc) is 3.19. The van der Waals surface area contributed by atoms with Gasteiger partial charge in [-0.3, -0.25) is 14.5 Å². The van der Waals surface area contributed by atoms with Crippen molar-refractivity contribution in [2.24, 2.45) is 5.92 Å². The number of nitrogens with zero attached hydrogens (tertiary/aromatic N) is 1. The lowest BCUT2D eigenvalue weighted by Crippen LogP contribution is -2.50. The number of carbonyl (C=O) groups is 3. The van der Waals surface area contributed by atoms with Crippen molar-refractivity contribution in [1.29, 1.82) is 0 Å². The van der Waals surface area contributed by atoms with E-state index in [-0.39, 0.29) is 24.4 Å². The van der Waals surface area contributed by atoms with Gasteiger partial charge < -0.3 is 10.6 Å². The fourth-order valence-electron chi connectivity index (χ4n) is 3.66. The van der Waals surface area contributed by atoms with Crippen LogP contribution in [0.4, 0.5) is 4.79 Å². The molecule has 2 fully saturated rings. The van der Waals surface area contributed by atoms with Crippen LogP contribution in [0.25, 0.3) is 0 Å². The van der Waals surface area contributed by atoms with Crippen LogP contribution in [0.5, 0.6) is 0 Å². The highest BCUT2D eigenvalue weighted by molar-refractivity contribution is 7.10. The molecule has 7 heteroatoms. The highest BCUT2D eigenvalue weighted by Gasteiger charge is 2.52. The molecule has 25 heavy (non-hydrogen) atoms. The Kier molecular flexibility index (Phi) is 5.13. The van der Waals surface area contributed by atoms with E-state index in [9.17, 15) is 14.4 Å². The smallest absolute Gasteiger partial charge is 0.325 e. The zero-order valence-corrected chi connectivity index (χ0v) is 15.5. The standard InChI is InChI=1S/C18H25N3O3S/c1-3-13(14-5-4-10-25-14)19-15(22)11-21-16(23)18(20-17(21)24)8-6-12(2)7-9-18/h4-5,10,12-13H,3,6-9,11H2,1-2H3,(H,19,22)(H,20,24). The van der Waals surface area contributed by atoms with E-state index in [2.05, 4.69) is 17.6 Å². The van der Waals surface area contributed by atoms with Gasteiger partial charge in [-0.05, 0) is 49.5 Å². The van der Waals surface area contributed by atoms with Crippen LogP contribution in [-0.4, -0.2) is 34.8 Å². The van der Waals surface area contributed by atoms with E-state index in [1.807, 2.05) is 24.4 Å². The third-order valence-electron chi connectivity index (χ3n) is 5.31. The summed E-state index contributed by atoms with van der Waals surface area (Å²) >= 11 is 1.58. The topological polar surface area (TPSA) is 78.5 Å². The molecule has 3 rings (SSSR count). The van der Waals surface area contributed by atoms with Gasteiger partial charge in [0, 0.05) is 4.88 Å². The number of carbonyl (C=O) groups excluding carboxylic acids is 3. The number of nitrogens with one attached hydrogen (secondary N) is 2. The number of thiophene rings is 1. The molecule has 1 aliphatic heterocycles. The highest BCUT2D eigenvalue weighted by atomic mass is 32.1. The molecule has 0 bridgehead atoms. The Morgan fingerprint density at radius 1 is 1.44 bits per heavy atom. The molecular formula is C18H25N3O3S. The van der Waals surface area contributed by atoms with Crippen molar-refractivity contribution in [3.05, 3.63) is 22.4 Å². The van der Waals surface area contributed by atoms with Crippen LogP contribution in [0.3, 0.4) is 0 Å². The molecule has 1 saturated heterocycles. The summed E-state index contributed by atoms with van der Waals surface area (Å²) < 4.78 is 0. The maximum atomic E-state index is 12.8. The number of amides is 4. The van der Waals surface area contributed by atoms with Gasteiger partial charge in [-0.15, -0.1) is 11.3 Å². The zero-order valence-electron chi connectivity index (χ0n) is 14.7. The zero-order chi connectivity index (χ0) is 18.0. The molecule has 1 unspecified atom stereocenters. The van der Waals surface area contributed by atoms with E-state index in [0.29, 0.717) is 18.8 Å². The van der Waals surface area contributed by atoms with Crippen LogP contribution in [0.2, 0.25) is 0 Å². The van der Waals surface area contributed by atoms with Crippen LogP contribution in [0.1, 0.15) is 56.9 Å². The molecule has 1 spiro atoms. The molecule has 2 aliphatic rings. The second-order valence-electron chi connectivity index (χ2n) is 7.13. The van der Waals surface area contributed by atoms with Crippen molar-refractivity contribution >= 4 is 29.2 Å². The summed E-state index contributed by atoms with van der Waals surface area (Å²) in [4.78, 5) is 39.6. The fraction of sp³-hybridized carbons (Fsp3) is 0.611. The molecule has 1 aliphatic carbocycles. The van der Waals surface area contributed by atoms with Gasteiger partial charge in [-0.2, -0.15) is 0 Å². The lowest BCUT2D eigenvalue weighted by molar-refractivity contribution is -0.136. The normalized spacial score (nSPS) is 27.4. The molecule has 0 aromatic carbocycles. The van der Waals surface area contributed by atoms with Gasteiger partial charge in [0.05, 0.1) is 6.04 Å². The van der Waals surface area contributed by atoms with Gasteiger partial charge in [0.15, 0.2) is 0 Å². The van der Waals surface area contributed by atoms with Crippen molar-refractivity contribution in [2.75, 3.05) is 6.54 Å². The highest BCUT2D eigenvalue weighted by Crippen LogP contribution is 2.36. The summed E-state index contributed by atoms with van der Waals surface area (Å²) in [5.74, 6) is 0.0254. The predicted molar refractivity (Wildman–Crippen MR) is 96.1 cm³/mol. The first-order valence-corrected chi connectivity index (χ1v) is 9.80. The van der Waals surface area contributed by atoms with Crippen molar-refractivity contribution in [3.8, 4) is 0 Å². The Morgan fingerprint density at radius 2 is 2.16 bits per heavy atom. The lowest BCUT2D eigenvalue weighted by Gasteiger charge is -2.33. The third kappa shape index (κ3) is 3.56. The molecule has 1 aromatic heterocycles. The Labute approximate surface area is 152 Å². The average molecular weight is 363 g/mol. The van der Waals surface area contributed by atoms with E-state index in [4.69, 9.17) is 0 Å². The van der Waals surface area contributed by atoms with Gasteiger partial charge in [0.25, 0.3) is 5.91 Å². The van der Waals surface area contributed by atoms with Gasteiger partial charge in [-0.25, -0.2) is 4.79 Å². The summed E-state index contributed by atoms with van der Waals surface area (Å²) in [7, 11) is 0. The molecule has 2 N–H and O–H groups in total. The largest absolute Gasteiger partial charge is 0.347 e. The second-order valence-corrected chi connectivity index (χ2v) is 8.11. The summed E-state index contributed by atoms with van der Waals surface area (Å²) in [6.07, 6.45) is 3.91. The summed E-state index contributed by atoms with van der Waals surface area (Å²) in [6, 6.07) is 3.39. The Hall–Kier alpha value is -1.89. The minimum atomic E-state index is -0.790. The van der Waals surface area contributed by atoms with E-state index in [1.54, 1.807) is 11.3 Å². The molecule has 0 radical (unpaired) electrons. The van der Waals surface area contributed by atoms with Crippen LogP contribution in [0.15, 0.2) is 17.5 Å². The first-order valence-electron chi connectivity index (χ1n) is 8.92. The molecule has 6 nitrogen and oxygen atoms in total. The fourth-order valence-corrected chi connectivity index (χ4v) is 4.52. The molecular weight excluding hydrogens is 338 g/mol. The van der Waals surface area contributed by atoms with Crippen molar-refractivity contribution < 1.29 is 14.4 Å². The Morgan fingerprint density at radius 3 is 2.76 bits per heavy atom. The number of hydrogen-bond donors (Lipinski definition) is 2. The van der Waals surface area contributed by atoms with Crippen LogP contribution in [0, 0.1) is 5.92 Å². The summed E-state index contributed by atoms with van der Waals surface area (Å²) in [6.45, 7) is 3.94. The van der Waals surface area contributed by atoms with Crippen LogP contribution in [-0.2, 0) is 9.59 Å². The molecule has 1 saturated carbocycles. The van der Waals surface area contributed by atoms with E-state index in [0.717, 1.165) is 29.0 Å². The minimum Gasteiger partial charge on any atom is -0.347 e. The number of hydrogen-bond acceptors (Lipinski definition) is 4. The third-order valence-corrected chi connectivity index (χ3v) is 6.29. The van der Waals surface area contributed by atoms with E-state index < -0.39 is 11.6 Å². The molecule has 1 aromatic rings. The Balaban J connectivity index is 1.63. The van der Waals surface area contributed by atoms with Gasteiger partial charge >= 0.3 is 6.03 Å².